The van der Waals surface area contributed by atoms with Crippen molar-refractivity contribution in [3.63, 3.8) is 0 Å². The van der Waals surface area contributed by atoms with Gasteiger partial charge in [-0.2, -0.15) is 0 Å². The van der Waals surface area contributed by atoms with E-state index in [2.05, 4.69) is 0 Å². The van der Waals surface area contributed by atoms with E-state index in [0.717, 1.165) is 11.3 Å². The molecule has 1 aliphatic heterocycles. The van der Waals surface area contributed by atoms with Crippen molar-refractivity contribution in [2.45, 2.75) is 33.3 Å². The van der Waals surface area contributed by atoms with Gasteiger partial charge in [-0.05, 0) is 38.5 Å². The van der Waals surface area contributed by atoms with Crippen molar-refractivity contribution in [1.29, 1.82) is 0 Å². The number of ether oxygens (including phenoxy) is 1. The van der Waals surface area contributed by atoms with E-state index in [-0.39, 0.29) is 11.8 Å². The predicted molar refractivity (Wildman–Crippen MR) is 81.6 cm³/mol. The maximum atomic E-state index is 12.2. The Kier molecular flexibility index (Phi) is 4.50. The number of anilines is 1. The topological polar surface area (TPSA) is 49.9 Å². The maximum Gasteiger partial charge on any atom is 0.267 e. The molecule has 1 aromatic rings. The number of likely N-dealkylation sites (N-methyl/N-ethyl adjacent to an activating group) is 2. The zero-order chi connectivity index (χ0) is 15.6. The highest BCUT2D eigenvalue weighted by Crippen LogP contribution is 2.34. The number of rotatable bonds is 4. The van der Waals surface area contributed by atoms with Crippen molar-refractivity contribution in [3.05, 3.63) is 23.8 Å². The molecule has 0 bridgehead atoms. The van der Waals surface area contributed by atoms with E-state index in [1.54, 1.807) is 23.8 Å². The molecule has 0 fully saturated rings. The molecule has 0 radical (unpaired) electrons. The Bertz CT molecular complexity index is 552. The second-order valence-electron chi connectivity index (χ2n) is 5.20. The quantitative estimate of drug-likeness (QED) is 0.850. The van der Waals surface area contributed by atoms with Gasteiger partial charge < -0.3 is 14.5 Å². The predicted octanol–water partition coefficient (Wildman–Crippen LogP) is 1.84. The molecule has 0 N–H and O–H groups in total. The van der Waals surface area contributed by atoms with Crippen LogP contribution in [-0.4, -0.2) is 43.0 Å². The highest BCUT2D eigenvalue weighted by atomic mass is 16.5. The highest BCUT2D eigenvalue weighted by Gasteiger charge is 2.29. The molecular weight excluding hydrogens is 268 g/mol. The lowest BCUT2D eigenvalue weighted by Crippen LogP contribution is -2.42. The molecule has 114 valence electrons. The summed E-state index contributed by atoms with van der Waals surface area (Å²) < 4.78 is 5.58. The number of carbonyl (C=O) groups excluding carboxylic acids is 2. The first-order valence-electron chi connectivity index (χ1n) is 7.32. The molecule has 1 heterocycles. The minimum Gasteiger partial charge on any atom is -0.479 e. The number of benzene rings is 1. The van der Waals surface area contributed by atoms with Crippen LogP contribution in [0.1, 0.15) is 26.3 Å². The third-order valence-electron chi connectivity index (χ3n) is 3.84. The molecule has 5 nitrogen and oxygen atoms in total. The summed E-state index contributed by atoms with van der Waals surface area (Å²) in [5.41, 5.74) is 1.62. The van der Waals surface area contributed by atoms with E-state index in [1.165, 1.54) is 0 Å². The summed E-state index contributed by atoms with van der Waals surface area (Å²) in [5, 5.41) is 0. The van der Waals surface area contributed by atoms with E-state index < -0.39 is 6.10 Å². The Morgan fingerprint density at radius 1 is 1.33 bits per heavy atom. The molecule has 5 heteroatoms. The van der Waals surface area contributed by atoms with E-state index in [1.807, 2.05) is 32.0 Å². The fraction of sp³-hybridized carbons (Fsp3) is 0.500. The van der Waals surface area contributed by atoms with Crippen molar-refractivity contribution in [2.75, 3.05) is 25.0 Å². The SMILES string of the molecule is CCN(CC)C(=O)Cc1ccc2c(c1)N(C)C(=O)C(C)O2. The Hall–Kier alpha value is -2.04. The molecular formula is C16H22N2O3. The highest BCUT2D eigenvalue weighted by molar-refractivity contribution is 5.99. The summed E-state index contributed by atoms with van der Waals surface area (Å²) >= 11 is 0. The van der Waals surface area contributed by atoms with Gasteiger partial charge in [0, 0.05) is 20.1 Å². The summed E-state index contributed by atoms with van der Waals surface area (Å²) in [6.45, 7) is 7.09. The normalized spacial score (nSPS) is 17.2. The average molecular weight is 290 g/mol. The molecule has 1 atom stereocenters. The molecule has 0 spiro atoms. The van der Waals surface area contributed by atoms with Gasteiger partial charge in [0.15, 0.2) is 6.10 Å². The monoisotopic (exact) mass is 290 g/mol. The van der Waals surface area contributed by atoms with Crippen LogP contribution in [0.4, 0.5) is 5.69 Å². The standard InChI is InChI=1S/C16H22N2O3/c1-5-18(6-2)15(19)10-12-7-8-14-13(9-12)17(4)16(20)11(3)21-14/h7-9,11H,5-6,10H2,1-4H3. The zero-order valence-corrected chi connectivity index (χ0v) is 13.0. The van der Waals surface area contributed by atoms with Gasteiger partial charge in [-0.25, -0.2) is 0 Å². The minimum atomic E-state index is -0.467. The number of hydrogen-bond acceptors (Lipinski definition) is 3. The minimum absolute atomic E-state index is 0.0743. The van der Waals surface area contributed by atoms with E-state index in [0.29, 0.717) is 25.3 Å². The smallest absolute Gasteiger partial charge is 0.267 e. The van der Waals surface area contributed by atoms with Gasteiger partial charge in [0.25, 0.3) is 5.91 Å². The maximum absolute atomic E-state index is 12.2. The van der Waals surface area contributed by atoms with Crippen LogP contribution in [0.5, 0.6) is 5.75 Å². The van der Waals surface area contributed by atoms with Gasteiger partial charge in [-0.15, -0.1) is 0 Å². The zero-order valence-electron chi connectivity index (χ0n) is 13.0. The first-order chi connectivity index (χ1) is 9.97. The Balaban J connectivity index is 2.22. The lowest BCUT2D eigenvalue weighted by atomic mass is 10.1. The molecule has 21 heavy (non-hydrogen) atoms. The Labute approximate surface area is 125 Å². The second-order valence-corrected chi connectivity index (χ2v) is 5.20. The number of fused-ring (bicyclic) bond motifs is 1. The lowest BCUT2D eigenvalue weighted by Gasteiger charge is -2.30. The number of carbonyl (C=O) groups is 2. The van der Waals surface area contributed by atoms with Crippen LogP contribution >= 0.6 is 0 Å². The summed E-state index contributed by atoms with van der Waals surface area (Å²) in [5.74, 6) is 0.706. The average Bonchev–Trinajstić information content (AvgIpc) is 2.47. The molecule has 0 aromatic heterocycles. The van der Waals surface area contributed by atoms with Crippen molar-refractivity contribution in [3.8, 4) is 5.75 Å². The van der Waals surface area contributed by atoms with Gasteiger partial charge in [0.2, 0.25) is 5.91 Å². The van der Waals surface area contributed by atoms with Gasteiger partial charge in [0.05, 0.1) is 12.1 Å². The number of nitrogens with zero attached hydrogens (tertiary/aromatic N) is 2. The largest absolute Gasteiger partial charge is 0.479 e. The van der Waals surface area contributed by atoms with E-state index in [4.69, 9.17) is 4.74 Å². The van der Waals surface area contributed by atoms with Crippen LogP contribution < -0.4 is 9.64 Å². The fourth-order valence-electron chi connectivity index (χ4n) is 2.53. The first-order valence-corrected chi connectivity index (χ1v) is 7.32. The molecule has 2 amide bonds. The third kappa shape index (κ3) is 3.01. The summed E-state index contributed by atoms with van der Waals surface area (Å²) in [6, 6.07) is 5.58. The molecule has 0 saturated carbocycles. The van der Waals surface area contributed by atoms with Crippen LogP contribution in [0.3, 0.4) is 0 Å². The summed E-state index contributed by atoms with van der Waals surface area (Å²) in [4.78, 5) is 27.5. The number of amides is 2. The summed E-state index contributed by atoms with van der Waals surface area (Å²) in [6.07, 6.45) is -0.127. The van der Waals surface area contributed by atoms with Gasteiger partial charge >= 0.3 is 0 Å². The van der Waals surface area contributed by atoms with E-state index in [9.17, 15) is 9.59 Å². The second kappa shape index (κ2) is 6.16. The third-order valence-corrected chi connectivity index (χ3v) is 3.84. The van der Waals surface area contributed by atoms with Crippen molar-refractivity contribution in [2.24, 2.45) is 0 Å². The van der Waals surface area contributed by atoms with Crippen LogP contribution in [-0.2, 0) is 16.0 Å². The molecule has 0 saturated heterocycles. The Morgan fingerprint density at radius 3 is 2.62 bits per heavy atom. The van der Waals surface area contributed by atoms with Crippen molar-refractivity contribution < 1.29 is 14.3 Å². The van der Waals surface area contributed by atoms with Crippen LogP contribution in [0, 0.1) is 0 Å². The molecule has 2 rings (SSSR count). The fourth-order valence-corrected chi connectivity index (χ4v) is 2.53. The Morgan fingerprint density at radius 2 is 2.00 bits per heavy atom. The lowest BCUT2D eigenvalue weighted by molar-refractivity contribution is -0.130. The summed E-state index contributed by atoms with van der Waals surface area (Å²) in [7, 11) is 1.73. The molecule has 0 aliphatic carbocycles. The molecule has 1 aliphatic rings. The number of hydrogen-bond donors (Lipinski definition) is 0. The van der Waals surface area contributed by atoms with Crippen molar-refractivity contribution >= 4 is 17.5 Å². The van der Waals surface area contributed by atoms with Crippen LogP contribution in [0.15, 0.2) is 18.2 Å². The van der Waals surface area contributed by atoms with Crippen LogP contribution in [0.25, 0.3) is 0 Å². The first kappa shape index (κ1) is 15.4. The molecule has 1 aromatic carbocycles. The van der Waals surface area contributed by atoms with Gasteiger partial charge in [-0.3, -0.25) is 9.59 Å². The van der Waals surface area contributed by atoms with Gasteiger partial charge in [0.1, 0.15) is 5.75 Å². The van der Waals surface area contributed by atoms with Crippen LogP contribution in [0.2, 0.25) is 0 Å². The molecule has 1 unspecified atom stereocenters. The van der Waals surface area contributed by atoms with E-state index >= 15 is 0 Å². The van der Waals surface area contributed by atoms with Gasteiger partial charge in [-0.1, -0.05) is 6.07 Å². The van der Waals surface area contributed by atoms with Crippen molar-refractivity contribution in [1.82, 2.24) is 4.90 Å².